The average molecular weight is 277 g/mol. The van der Waals surface area contributed by atoms with Crippen molar-refractivity contribution in [3.63, 3.8) is 0 Å². The molecule has 92 valence electrons. The summed E-state index contributed by atoms with van der Waals surface area (Å²) in [5.41, 5.74) is 0.608. The summed E-state index contributed by atoms with van der Waals surface area (Å²) in [5.74, 6) is -0.000331. The van der Waals surface area contributed by atoms with Crippen molar-refractivity contribution in [3.05, 3.63) is 47.4 Å². The van der Waals surface area contributed by atoms with Crippen LogP contribution in [0.1, 0.15) is 5.56 Å². The Hall–Kier alpha value is -1.59. The molecule has 0 atom stereocenters. The van der Waals surface area contributed by atoms with Crippen LogP contribution in [0.15, 0.2) is 41.8 Å². The smallest absolute Gasteiger partial charge is 0.266 e. The fraction of sp³-hybridized carbons (Fsp3) is 0.0769. The number of amides is 1. The summed E-state index contributed by atoms with van der Waals surface area (Å²) in [6.07, 6.45) is 3.28. The predicted octanol–water partition coefficient (Wildman–Crippen LogP) is 2.78. The number of carbonyl (C=O) groups is 1. The summed E-state index contributed by atoms with van der Waals surface area (Å²) in [6, 6.07) is 6.86. The highest BCUT2D eigenvalue weighted by atomic mass is 32.2. The number of nitrogens with zero attached hydrogens (tertiary/aromatic N) is 1. The van der Waals surface area contributed by atoms with Crippen LogP contribution in [0.2, 0.25) is 0 Å². The van der Waals surface area contributed by atoms with Crippen LogP contribution in [0, 0.1) is 0 Å². The van der Waals surface area contributed by atoms with Crippen molar-refractivity contribution in [3.8, 4) is 5.75 Å². The highest BCUT2D eigenvalue weighted by molar-refractivity contribution is 8.26. The van der Waals surface area contributed by atoms with E-state index in [0.29, 0.717) is 21.3 Å². The number of hydrogen-bond acceptors (Lipinski definition) is 4. The molecule has 1 amide bonds. The molecule has 18 heavy (non-hydrogen) atoms. The third-order valence-electron chi connectivity index (χ3n) is 2.41. The molecule has 1 aliphatic heterocycles. The summed E-state index contributed by atoms with van der Waals surface area (Å²) < 4.78 is 0.515. The van der Waals surface area contributed by atoms with E-state index in [1.807, 2.05) is 0 Å². The van der Waals surface area contributed by atoms with E-state index < -0.39 is 0 Å². The highest BCUT2D eigenvalue weighted by Crippen LogP contribution is 2.33. The van der Waals surface area contributed by atoms with Gasteiger partial charge in [-0.15, -0.1) is 6.58 Å². The van der Waals surface area contributed by atoms with Gasteiger partial charge in [-0.3, -0.25) is 9.69 Å². The summed E-state index contributed by atoms with van der Waals surface area (Å²) in [7, 11) is 0. The SMILES string of the molecule is C=CCN1C(=O)/C(=C\c2ccccc2O)SC1=S. The van der Waals surface area contributed by atoms with Gasteiger partial charge in [0.05, 0.1) is 4.91 Å². The van der Waals surface area contributed by atoms with E-state index in [9.17, 15) is 9.90 Å². The summed E-state index contributed by atoms with van der Waals surface area (Å²) in [6.45, 7) is 4.00. The Morgan fingerprint density at radius 1 is 1.44 bits per heavy atom. The molecular formula is C13H11NO2S2. The molecule has 1 fully saturated rings. The fourth-order valence-electron chi connectivity index (χ4n) is 1.54. The monoisotopic (exact) mass is 277 g/mol. The van der Waals surface area contributed by atoms with E-state index in [4.69, 9.17) is 12.2 Å². The number of thiocarbonyl (C=S) groups is 1. The zero-order valence-electron chi connectivity index (χ0n) is 9.50. The van der Waals surface area contributed by atoms with E-state index >= 15 is 0 Å². The number of rotatable bonds is 3. The van der Waals surface area contributed by atoms with Gasteiger partial charge < -0.3 is 5.11 Å². The molecule has 1 heterocycles. The fourth-order valence-corrected chi connectivity index (χ4v) is 2.80. The second kappa shape index (κ2) is 5.37. The first-order valence-corrected chi connectivity index (χ1v) is 6.50. The first-order chi connectivity index (χ1) is 8.63. The van der Waals surface area contributed by atoms with E-state index in [-0.39, 0.29) is 11.7 Å². The van der Waals surface area contributed by atoms with Gasteiger partial charge in [-0.1, -0.05) is 48.3 Å². The van der Waals surface area contributed by atoms with Gasteiger partial charge in [0.15, 0.2) is 0 Å². The minimum absolute atomic E-state index is 0.145. The largest absolute Gasteiger partial charge is 0.507 e. The van der Waals surface area contributed by atoms with Gasteiger partial charge >= 0.3 is 0 Å². The highest BCUT2D eigenvalue weighted by Gasteiger charge is 2.31. The van der Waals surface area contributed by atoms with Crippen molar-refractivity contribution < 1.29 is 9.90 Å². The molecule has 0 radical (unpaired) electrons. The van der Waals surface area contributed by atoms with Crippen molar-refractivity contribution >= 4 is 40.3 Å². The molecule has 2 rings (SSSR count). The second-order valence-electron chi connectivity index (χ2n) is 3.64. The zero-order valence-corrected chi connectivity index (χ0v) is 11.1. The maximum atomic E-state index is 12.0. The molecule has 1 aromatic carbocycles. The molecule has 0 saturated carbocycles. The lowest BCUT2D eigenvalue weighted by Gasteiger charge is -2.10. The Morgan fingerprint density at radius 3 is 2.83 bits per heavy atom. The third-order valence-corrected chi connectivity index (χ3v) is 3.79. The van der Waals surface area contributed by atoms with Crippen LogP contribution in [0.25, 0.3) is 6.08 Å². The van der Waals surface area contributed by atoms with Crippen LogP contribution >= 0.6 is 24.0 Å². The molecule has 5 heteroatoms. The van der Waals surface area contributed by atoms with Crippen molar-refractivity contribution in [1.82, 2.24) is 4.90 Å². The van der Waals surface area contributed by atoms with Gasteiger partial charge in [-0.25, -0.2) is 0 Å². The van der Waals surface area contributed by atoms with Crippen LogP contribution in [-0.4, -0.2) is 26.8 Å². The number of para-hydroxylation sites is 1. The Balaban J connectivity index is 2.31. The Labute approximate surface area is 115 Å². The second-order valence-corrected chi connectivity index (χ2v) is 5.32. The third kappa shape index (κ3) is 2.47. The number of phenolic OH excluding ortho intramolecular Hbond substituents is 1. The molecule has 1 aliphatic rings. The molecule has 1 aromatic rings. The van der Waals surface area contributed by atoms with Crippen LogP contribution < -0.4 is 0 Å². The summed E-state index contributed by atoms with van der Waals surface area (Å²) in [5, 5.41) is 9.66. The first kappa shape index (κ1) is 12.9. The van der Waals surface area contributed by atoms with Gasteiger partial charge in [0.25, 0.3) is 5.91 Å². The summed E-state index contributed by atoms with van der Waals surface area (Å²) >= 11 is 6.36. The van der Waals surface area contributed by atoms with E-state index in [0.717, 1.165) is 0 Å². The predicted molar refractivity (Wildman–Crippen MR) is 78.2 cm³/mol. The molecule has 0 aromatic heterocycles. The van der Waals surface area contributed by atoms with Gasteiger partial charge in [-0.05, 0) is 12.1 Å². The van der Waals surface area contributed by atoms with Crippen LogP contribution in [0.5, 0.6) is 5.75 Å². The molecule has 0 bridgehead atoms. The number of carbonyl (C=O) groups excluding carboxylic acids is 1. The van der Waals surface area contributed by atoms with E-state index in [1.54, 1.807) is 36.4 Å². The molecule has 0 unspecified atom stereocenters. The number of phenols is 1. The van der Waals surface area contributed by atoms with E-state index in [1.165, 1.54) is 16.7 Å². The van der Waals surface area contributed by atoms with Gasteiger partial charge in [0, 0.05) is 12.1 Å². The van der Waals surface area contributed by atoms with Crippen molar-refractivity contribution in [2.75, 3.05) is 6.54 Å². The lowest BCUT2D eigenvalue weighted by Crippen LogP contribution is -2.27. The summed E-state index contributed by atoms with van der Waals surface area (Å²) in [4.78, 5) is 14.0. The quantitative estimate of drug-likeness (QED) is 0.524. The Morgan fingerprint density at radius 2 is 2.17 bits per heavy atom. The molecule has 0 aliphatic carbocycles. The van der Waals surface area contributed by atoms with Crippen molar-refractivity contribution in [2.24, 2.45) is 0 Å². The van der Waals surface area contributed by atoms with Crippen molar-refractivity contribution in [1.29, 1.82) is 0 Å². The first-order valence-electron chi connectivity index (χ1n) is 5.27. The van der Waals surface area contributed by atoms with Gasteiger partial charge in [0.2, 0.25) is 0 Å². The normalized spacial score (nSPS) is 17.6. The molecule has 1 saturated heterocycles. The number of benzene rings is 1. The lowest BCUT2D eigenvalue weighted by molar-refractivity contribution is -0.121. The minimum Gasteiger partial charge on any atom is -0.507 e. The van der Waals surface area contributed by atoms with Gasteiger partial charge in [-0.2, -0.15) is 0 Å². The number of aromatic hydroxyl groups is 1. The number of hydrogen-bond donors (Lipinski definition) is 1. The van der Waals surface area contributed by atoms with Crippen LogP contribution in [0.4, 0.5) is 0 Å². The standard InChI is InChI=1S/C13H11NO2S2/c1-2-7-14-12(16)11(18-13(14)17)8-9-5-3-4-6-10(9)15/h2-6,8,15H,1,7H2/b11-8+. The molecule has 1 N–H and O–H groups in total. The molecule has 3 nitrogen and oxygen atoms in total. The van der Waals surface area contributed by atoms with Crippen molar-refractivity contribution in [2.45, 2.75) is 0 Å². The maximum absolute atomic E-state index is 12.0. The van der Waals surface area contributed by atoms with Crippen LogP contribution in [-0.2, 0) is 4.79 Å². The van der Waals surface area contributed by atoms with Crippen LogP contribution in [0.3, 0.4) is 0 Å². The lowest BCUT2D eigenvalue weighted by atomic mass is 10.2. The Bertz CT molecular complexity index is 552. The van der Waals surface area contributed by atoms with E-state index in [2.05, 4.69) is 6.58 Å². The number of thioether (sulfide) groups is 1. The topological polar surface area (TPSA) is 40.5 Å². The minimum atomic E-state index is -0.145. The zero-order chi connectivity index (χ0) is 13.1. The molecular weight excluding hydrogens is 266 g/mol. The maximum Gasteiger partial charge on any atom is 0.266 e. The molecule has 0 spiro atoms. The Kier molecular flexibility index (Phi) is 3.84. The van der Waals surface area contributed by atoms with Gasteiger partial charge in [0.1, 0.15) is 10.1 Å². The average Bonchev–Trinajstić information content (AvgIpc) is 2.60.